The lowest BCUT2D eigenvalue weighted by atomic mass is 10.0. The largest absolute Gasteiger partial charge is 0.456 e. The molecule has 4 heterocycles. The Hall–Kier alpha value is -2.99. The van der Waals surface area contributed by atoms with E-state index in [1.165, 1.54) is 0 Å². The van der Waals surface area contributed by atoms with Gasteiger partial charge in [0.15, 0.2) is 11.8 Å². The van der Waals surface area contributed by atoms with Crippen LogP contribution in [0.1, 0.15) is 0 Å². The summed E-state index contributed by atoms with van der Waals surface area (Å²) in [5, 5.41) is 16.0. The van der Waals surface area contributed by atoms with Crippen molar-refractivity contribution in [3.8, 4) is 28.4 Å². The number of rotatable bonds is 5. The van der Waals surface area contributed by atoms with Gasteiger partial charge in [0, 0.05) is 10.5 Å². The van der Waals surface area contributed by atoms with E-state index in [9.17, 15) is 9.32 Å². The first kappa shape index (κ1) is 23.4. The second kappa shape index (κ2) is 8.84. The molecule has 5 unspecified atom stereocenters. The first-order valence-corrected chi connectivity index (χ1v) is 13.4. The average molecular weight is 527 g/mol. The van der Waals surface area contributed by atoms with Crippen LogP contribution in [0.3, 0.4) is 0 Å². The minimum absolute atomic E-state index is 0.228. The van der Waals surface area contributed by atoms with Gasteiger partial charge in [0.25, 0.3) is 6.01 Å². The Labute approximate surface area is 212 Å². The van der Waals surface area contributed by atoms with E-state index >= 15 is 0 Å². The van der Waals surface area contributed by atoms with E-state index in [4.69, 9.17) is 31.0 Å². The zero-order valence-electron chi connectivity index (χ0n) is 19.0. The number of nitrogens with two attached hydrogens (primary N) is 1. The molecule has 0 saturated carbocycles. The molecular formula is C25H23ClN4O5S. The number of fused-ring (bicyclic) bond motifs is 2. The number of pyridine rings is 1. The number of aliphatic hydroxyl groups excluding tert-OH is 1. The van der Waals surface area contributed by atoms with Gasteiger partial charge in [-0.1, -0.05) is 48.0 Å². The Bertz CT molecular complexity index is 1540. The predicted molar refractivity (Wildman–Crippen MR) is 137 cm³/mol. The minimum Gasteiger partial charge on any atom is -0.456 e. The molecule has 4 N–H and O–H groups in total. The van der Waals surface area contributed by atoms with Gasteiger partial charge in [-0.2, -0.15) is 4.98 Å². The summed E-state index contributed by atoms with van der Waals surface area (Å²) >= 11 is 6.56. The highest BCUT2D eigenvalue weighted by atomic mass is 35.5. The van der Waals surface area contributed by atoms with E-state index in [-0.39, 0.29) is 30.9 Å². The third kappa shape index (κ3) is 4.26. The molecule has 0 radical (unpaired) electrons. The fourth-order valence-electron chi connectivity index (χ4n) is 4.54. The van der Waals surface area contributed by atoms with Crippen LogP contribution in [0.25, 0.3) is 33.5 Å². The molecule has 9 nitrogen and oxygen atoms in total. The fraction of sp³-hybridized carbons (Fsp3) is 0.240. The maximum atomic E-state index is 11.9. The summed E-state index contributed by atoms with van der Waals surface area (Å²) in [7, 11) is -2.74. The third-order valence-corrected chi connectivity index (χ3v) is 7.75. The Morgan fingerprint density at radius 3 is 2.36 bits per heavy atom. The molecule has 0 spiro atoms. The molecule has 2 saturated heterocycles. The third-order valence-electron chi connectivity index (χ3n) is 6.39. The van der Waals surface area contributed by atoms with Gasteiger partial charge in [-0.25, -0.2) is 9.19 Å². The molecule has 4 aromatic rings. The Morgan fingerprint density at radius 2 is 1.67 bits per heavy atom. The van der Waals surface area contributed by atoms with Gasteiger partial charge in [-0.05, 0) is 35.2 Å². The Balaban J connectivity index is 1.23. The van der Waals surface area contributed by atoms with Gasteiger partial charge >= 0.3 is 0 Å². The van der Waals surface area contributed by atoms with Gasteiger partial charge in [0.2, 0.25) is 0 Å². The number of aliphatic hydroxyl groups is 1. The number of ether oxygens (including phenoxy) is 3. The number of nitrogens with one attached hydrogen (secondary N) is 1. The van der Waals surface area contributed by atoms with Crippen molar-refractivity contribution in [2.75, 3.05) is 13.2 Å². The summed E-state index contributed by atoms with van der Waals surface area (Å²) in [4.78, 5) is 12.7. The molecule has 11 heteroatoms. The monoisotopic (exact) mass is 526 g/mol. The molecule has 0 aliphatic carbocycles. The molecule has 2 aliphatic rings. The molecule has 2 aliphatic heterocycles. The molecule has 5 atom stereocenters. The summed E-state index contributed by atoms with van der Waals surface area (Å²) in [5.41, 5.74) is 4.45. The first-order valence-electron chi connectivity index (χ1n) is 11.3. The molecule has 0 bridgehead atoms. The molecule has 6 rings (SSSR count). The van der Waals surface area contributed by atoms with E-state index in [2.05, 4.69) is 20.8 Å². The van der Waals surface area contributed by atoms with E-state index in [1.54, 1.807) is 18.2 Å². The van der Waals surface area contributed by atoms with Crippen molar-refractivity contribution >= 4 is 38.3 Å². The van der Waals surface area contributed by atoms with Crippen LogP contribution in [-0.2, 0) is 19.2 Å². The van der Waals surface area contributed by atoms with Gasteiger partial charge in [-0.15, -0.1) is 0 Å². The summed E-state index contributed by atoms with van der Waals surface area (Å²) in [6.45, 7) is 0.532. The van der Waals surface area contributed by atoms with Crippen molar-refractivity contribution in [1.82, 2.24) is 15.0 Å². The summed E-state index contributed by atoms with van der Waals surface area (Å²) in [6, 6.07) is 17.0. The Kier molecular flexibility index (Phi) is 5.75. The van der Waals surface area contributed by atoms with Crippen molar-refractivity contribution in [3.05, 3.63) is 59.6 Å². The average Bonchev–Trinajstić information content (AvgIpc) is 3.55. The number of hydrogen-bond acceptors (Lipinski definition) is 7. The maximum absolute atomic E-state index is 11.9. The quantitative estimate of drug-likeness (QED) is 0.340. The molecule has 186 valence electrons. The second-order valence-corrected chi connectivity index (χ2v) is 11.2. The number of hydrogen-bond donors (Lipinski definition) is 3. The van der Waals surface area contributed by atoms with Crippen LogP contribution >= 0.6 is 11.6 Å². The number of nitrogens with zero attached hydrogens (tertiary/aromatic N) is 2. The second-order valence-electron chi connectivity index (χ2n) is 8.88. The first-order chi connectivity index (χ1) is 17.3. The van der Waals surface area contributed by atoms with Crippen LogP contribution in [0, 0.1) is 0 Å². The minimum atomic E-state index is -2.74. The number of aromatic amines is 1. The zero-order chi connectivity index (χ0) is 25.0. The summed E-state index contributed by atoms with van der Waals surface area (Å²) in [6.07, 6.45) is -1.75. The summed E-state index contributed by atoms with van der Waals surface area (Å²) < 4.78 is 29.1. The number of aromatic nitrogens is 3. The lowest BCUT2D eigenvalue weighted by molar-refractivity contribution is 0.00706. The van der Waals surface area contributed by atoms with Crippen LogP contribution in [0.15, 0.2) is 59.5 Å². The number of benzene rings is 2. The molecule has 2 aromatic carbocycles. The van der Waals surface area contributed by atoms with Gasteiger partial charge < -0.3 is 24.3 Å². The Morgan fingerprint density at radius 1 is 1.03 bits per heavy atom. The molecule has 0 amide bonds. The van der Waals surface area contributed by atoms with Gasteiger partial charge in [-0.3, -0.25) is 5.14 Å². The van der Waals surface area contributed by atoms with Crippen LogP contribution in [0.5, 0.6) is 6.01 Å². The van der Waals surface area contributed by atoms with Crippen LogP contribution in [0.2, 0.25) is 5.02 Å². The maximum Gasteiger partial charge on any atom is 0.296 e. The summed E-state index contributed by atoms with van der Waals surface area (Å²) in [5.74, 6) is 3.51. The number of halogens is 1. The van der Waals surface area contributed by atoms with Crippen molar-refractivity contribution in [2.24, 2.45) is 5.14 Å². The highest BCUT2D eigenvalue weighted by Crippen LogP contribution is 2.33. The SMILES string of the molecule is C=S(N)(=O)c1ccc(-c2ccc(-c3nc4nc(OC5COC6C(O)COC56)[nH]c4cc3Cl)cc2)cc1. The van der Waals surface area contributed by atoms with Gasteiger partial charge in [0.05, 0.1) is 39.2 Å². The standard InChI is InChI=1S/C25H23ClN4O5S/c1-36(27,32)16-8-6-14(7-9-16)13-2-4-15(5-3-13)21-17(26)10-18-24(29-21)30-25(28-18)35-20-12-34-22-19(31)11-33-23(20)22/h2-10,19-20,22-23,31H,1,11-12H2,(H2,27,32)(H,28,29,30). The molecular weight excluding hydrogens is 504 g/mol. The normalized spacial score (nSPS) is 25.1. The van der Waals surface area contributed by atoms with E-state index in [0.717, 1.165) is 16.7 Å². The van der Waals surface area contributed by atoms with E-state index < -0.39 is 15.8 Å². The topological polar surface area (TPSA) is 133 Å². The zero-order valence-corrected chi connectivity index (χ0v) is 20.5. The van der Waals surface area contributed by atoms with Crippen molar-refractivity contribution in [2.45, 2.75) is 29.3 Å². The van der Waals surface area contributed by atoms with Crippen LogP contribution in [0.4, 0.5) is 0 Å². The predicted octanol–water partition coefficient (Wildman–Crippen LogP) is 2.80. The smallest absolute Gasteiger partial charge is 0.296 e. The molecule has 2 aromatic heterocycles. The number of H-pyrrole nitrogens is 1. The number of imidazole rings is 1. The highest BCUT2D eigenvalue weighted by Gasteiger charge is 2.48. The van der Waals surface area contributed by atoms with Crippen molar-refractivity contribution in [3.63, 3.8) is 0 Å². The fourth-order valence-corrected chi connectivity index (χ4v) is 5.40. The molecule has 36 heavy (non-hydrogen) atoms. The van der Waals surface area contributed by atoms with E-state index in [1.807, 2.05) is 36.4 Å². The van der Waals surface area contributed by atoms with Crippen LogP contribution in [-0.4, -0.2) is 67.8 Å². The van der Waals surface area contributed by atoms with Gasteiger partial charge in [0.1, 0.15) is 18.3 Å². The molecule has 2 fully saturated rings. The van der Waals surface area contributed by atoms with Crippen molar-refractivity contribution < 1.29 is 23.5 Å². The lowest BCUT2D eigenvalue weighted by Crippen LogP contribution is -2.34. The highest BCUT2D eigenvalue weighted by molar-refractivity contribution is 7.98. The van der Waals surface area contributed by atoms with Crippen molar-refractivity contribution in [1.29, 1.82) is 0 Å². The van der Waals surface area contributed by atoms with Crippen LogP contribution < -0.4 is 9.88 Å². The lowest BCUT2D eigenvalue weighted by Gasteiger charge is -2.15. The van der Waals surface area contributed by atoms with E-state index in [0.29, 0.717) is 33.4 Å².